The summed E-state index contributed by atoms with van der Waals surface area (Å²) in [6.07, 6.45) is 23.0. The molecule has 0 bridgehead atoms. The Balaban J connectivity index is 1.38. The van der Waals surface area contributed by atoms with Crippen molar-refractivity contribution >= 4 is 33.9 Å². The van der Waals surface area contributed by atoms with Crippen molar-refractivity contribution in [1.29, 1.82) is 0 Å². The van der Waals surface area contributed by atoms with Gasteiger partial charge < -0.3 is 9.47 Å². The van der Waals surface area contributed by atoms with E-state index in [9.17, 15) is 9.59 Å². The fourth-order valence-electron chi connectivity index (χ4n) is 5.94. The van der Waals surface area contributed by atoms with Gasteiger partial charge in [0.25, 0.3) is 0 Å². The van der Waals surface area contributed by atoms with Crippen molar-refractivity contribution in [2.75, 3.05) is 13.2 Å². The number of ketones is 2. The van der Waals surface area contributed by atoms with E-state index in [4.69, 9.17) is 9.47 Å². The normalized spacial score (nSPS) is 13.9. The van der Waals surface area contributed by atoms with Crippen LogP contribution in [0.15, 0.2) is 36.4 Å². The number of allylic oxidation sites excluding steroid dienone is 2. The quantitative estimate of drug-likeness (QED) is 0.156. The molecule has 40 heavy (non-hydrogen) atoms. The van der Waals surface area contributed by atoms with E-state index in [2.05, 4.69) is 13.8 Å². The van der Waals surface area contributed by atoms with Crippen molar-refractivity contribution in [3.63, 3.8) is 0 Å². The fraction of sp³-hybridized carbons (Fsp3) is 0.556. The Bertz CT molecular complexity index is 1120. The summed E-state index contributed by atoms with van der Waals surface area (Å²) in [7, 11) is 0. The number of ether oxygens (including phenoxy) is 2. The van der Waals surface area contributed by atoms with E-state index in [1.807, 2.05) is 12.1 Å². The van der Waals surface area contributed by atoms with Crippen LogP contribution in [0.25, 0.3) is 22.3 Å². The van der Waals surface area contributed by atoms with Gasteiger partial charge in [0.2, 0.25) is 0 Å². The highest BCUT2D eigenvalue weighted by atomic mass is 16.5. The minimum atomic E-state index is -0.0643. The molecule has 0 N–H and O–H groups in total. The molecule has 0 unspecified atom stereocenters. The average molecular weight is 545 g/mol. The van der Waals surface area contributed by atoms with Gasteiger partial charge in [-0.15, -0.1) is 0 Å². The first-order valence-electron chi connectivity index (χ1n) is 16.0. The van der Waals surface area contributed by atoms with Crippen LogP contribution in [0.1, 0.15) is 148 Å². The summed E-state index contributed by atoms with van der Waals surface area (Å²) in [5.74, 6) is 1.11. The molecule has 0 fully saturated rings. The Morgan fingerprint density at radius 2 is 0.775 bits per heavy atom. The van der Waals surface area contributed by atoms with Gasteiger partial charge in [-0.25, -0.2) is 0 Å². The van der Waals surface area contributed by atoms with Gasteiger partial charge in [0, 0.05) is 45.2 Å². The first kappa shape index (κ1) is 30.1. The van der Waals surface area contributed by atoms with Crippen LogP contribution in [-0.4, -0.2) is 24.8 Å². The van der Waals surface area contributed by atoms with Gasteiger partial charge in [0.15, 0.2) is 11.6 Å². The lowest BCUT2D eigenvalue weighted by Gasteiger charge is -2.24. The molecular weight excluding hydrogens is 496 g/mol. The number of carbonyl (C=O) groups is 2. The Labute approximate surface area is 241 Å². The fourth-order valence-corrected chi connectivity index (χ4v) is 5.94. The SMILES string of the molecule is CCCCCCCCCCOC1=CC(=O)c2ccc3c4c(ccc1c24)C(OCCCCCCCCCC)=CC3=O. The van der Waals surface area contributed by atoms with Crippen molar-refractivity contribution in [2.45, 2.75) is 117 Å². The van der Waals surface area contributed by atoms with Gasteiger partial charge >= 0.3 is 0 Å². The molecule has 0 radical (unpaired) electrons. The average Bonchev–Trinajstić information content (AvgIpc) is 2.96. The van der Waals surface area contributed by atoms with Crippen molar-refractivity contribution in [1.82, 2.24) is 0 Å². The minimum absolute atomic E-state index is 0.0643. The largest absolute Gasteiger partial charge is 0.493 e. The number of unbranched alkanes of at least 4 members (excludes halogenated alkanes) is 14. The van der Waals surface area contributed by atoms with Crippen LogP contribution < -0.4 is 0 Å². The lowest BCUT2D eigenvalue weighted by molar-refractivity contribution is 0.103. The third-order valence-corrected chi connectivity index (χ3v) is 8.26. The van der Waals surface area contributed by atoms with E-state index in [0.717, 1.165) is 47.6 Å². The molecule has 0 atom stereocenters. The summed E-state index contributed by atoms with van der Waals surface area (Å²) in [6, 6.07) is 7.63. The molecule has 216 valence electrons. The molecule has 0 saturated carbocycles. The molecule has 4 rings (SSSR count). The van der Waals surface area contributed by atoms with Crippen LogP contribution >= 0.6 is 0 Å². The van der Waals surface area contributed by atoms with Crippen molar-refractivity contribution < 1.29 is 19.1 Å². The zero-order chi connectivity index (χ0) is 28.2. The van der Waals surface area contributed by atoms with E-state index in [-0.39, 0.29) is 11.6 Å². The highest BCUT2D eigenvalue weighted by Gasteiger charge is 2.29. The Morgan fingerprint density at radius 3 is 1.15 bits per heavy atom. The van der Waals surface area contributed by atoms with Gasteiger partial charge in [0.05, 0.1) is 13.2 Å². The van der Waals surface area contributed by atoms with Crippen molar-refractivity contribution in [3.05, 3.63) is 58.7 Å². The van der Waals surface area contributed by atoms with Gasteiger partial charge in [-0.1, -0.05) is 104 Å². The Morgan fingerprint density at radius 1 is 0.450 bits per heavy atom. The first-order chi connectivity index (χ1) is 19.7. The first-order valence-corrected chi connectivity index (χ1v) is 16.0. The third-order valence-electron chi connectivity index (χ3n) is 8.26. The van der Waals surface area contributed by atoms with Crippen LogP contribution in [0, 0.1) is 0 Å². The second-order valence-corrected chi connectivity index (χ2v) is 11.5. The zero-order valence-corrected chi connectivity index (χ0v) is 24.8. The predicted octanol–water partition coefficient (Wildman–Crippen LogP) is 10.2. The molecule has 0 amide bonds. The number of carbonyl (C=O) groups excluding carboxylic acids is 2. The molecule has 4 nitrogen and oxygen atoms in total. The molecule has 0 aliphatic heterocycles. The molecule has 2 aromatic carbocycles. The van der Waals surface area contributed by atoms with E-state index in [0.29, 0.717) is 35.9 Å². The van der Waals surface area contributed by atoms with E-state index in [1.54, 1.807) is 24.3 Å². The number of benzene rings is 2. The van der Waals surface area contributed by atoms with E-state index < -0.39 is 0 Å². The molecule has 0 heterocycles. The van der Waals surface area contributed by atoms with Crippen LogP contribution in [0.4, 0.5) is 0 Å². The van der Waals surface area contributed by atoms with Crippen molar-refractivity contribution in [2.24, 2.45) is 0 Å². The molecule has 0 spiro atoms. The molecule has 0 saturated heterocycles. The third kappa shape index (κ3) is 7.65. The molecule has 2 aliphatic rings. The molecule has 4 heteroatoms. The maximum atomic E-state index is 13.1. The lowest BCUT2D eigenvalue weighted by atomic mass is 9.83. The van der Waals surface area contributed by atoms with Crippen LogP contribution in [0.2, 0.25) is 0 Å². The molecule has 0 aromatic heterocycles. The molecule has 2 aromatic rings. The summed E-state index contributed by atoms with van der Waals surface area (Å²) in [5.41, 5.74) is 3.05. The van der Waals surface area contributed by atoms with Crippen LogP contribution in [0.5, 0.6) is 0 Å². The maximum Gasteiger partial charge on any atom is 0.190 e. The summed E-state index contributed by atoms with van der Waals surface area (Å²) in [5, 5.41) is 1.64. The van der Waals surface area contributed by atoms with Crippen LogP contribution in [-0.2, 0) is 9.47 Å². The van der Waals surface area contributed by atoms with E-state index >= 15 is 0 Å². The topological polar surface area (TPSA) is 52.6 Å². The number of hydrogen-bond acceptors (Lipinski definition) is 4. The standard InChI is InChI=1S/C36H48O4/c1-3-5-7-9-11-13-15-17-23-39-33-25-31(37)27-19-20-28-32(38)26-34(30-22-21-29(33)35(27)36(28)30)40-24-18-16-14-12-10-8-6-4-2/h19-22,25-26H,3-18,23-24H2,1-2H3. The second kappa shape index (κ2) is 15.8. The van der Waals surface area contributed by atoms with Gasteiger partial charge in [-0.3, -0.25) is 9.59 Å². The highest BCUT2D eigenvalue weighted by Crippen LogP contribution is 2.41. The Hall–Kier alpha value is -2.88. The monoisotopic (exact) mass is 544 g/mol. The number of rotatable bonds is 20. The summed E-state index contributed by atoms with van der Waals surface area (Å²) in [6.45, 7) is 5.68. The second-order valence-electron chi connectivity index (χ2n) is 11.5. The smallest absolute Gasteiger partial charge is 0.190 e. The summed E-state index contributed by atoms with van der Waals surface area (Å²) < 4.78 is 12.3. The van der Waals surface area contributed by atoms with Crippen LogP contribution in [0.3, 0.4) is 0 Å². The Kier molecular flexibility index (Phi) is 11.9. The summed E-state index contributed by atoms with van der Waals surface area (Å²) >= 11 is 0. The van der Waals surface area contributed by atoms with Gasteiger partial charge in [0.1, 0.15) is 11.5 Å². The maximum absolute atomic E-state index is 13.1. The van der Waals surface area contributed by atoms with E-state index in [1.165, 1.54) is 77.0 Å². The highest BCUT2D eigenvalue weighted by molar-refractivity contribution is 6.28. The number of hydrogen-bond donors (Lipinski definition) is 0. The molecule has 2 aliphatic carbocycles. The minimum Gasteiger partial charge on any atom is -0.493 e. The predicted molar refractivity (Wildman–Crippen MR) is 166 cm³/mol. The zero-order valence-electron chi connectivity index (χ0n) is 24.8. The van der Waals surface area contributed by atoms with Crippen molar-refractivity contribution in [3.8, 4) is 0 Å². The molecular formula is C36H48O4. The van der Waals surface area contributed by atoms with Gasteiger partial charge in [-0.05, 0) is 37.1 Å². The lowest BCUT2D eigenvalue weighted by Crippen LogP contribution is -2.14. The van der Waals surface area contributed by atoms with Gasteiger partial charge in [-0.2, -0.15) is 0 Å². The summed E-state index contributed by atoms with van der Waals surface area (Å²) in [4.78, 5) is 26.2.